The van der Waals surface area contributed by atoms with Crippen molar-refractivity contribution < 1.29 is 18.6 Å². The Hall–Kier alpha value is -1.07. The van der Waals surface area contributed by atoms with Crippen LogP contribution >= 0.6 is 8.53 Å². The van der Waals surface area contributed by atoms with Crippen molar-refractivity contribution in [2.45, 2.75) is 41.5 Å². The van der Waals surface area contributed by atoms with Crippen molar-refractivity contribution >= 4 is 20.7 Å². The van der Waals surface area contributed by atoms with Gasteiger partial charge in [-0.25, -0.2) is 14.3 Å². The molecule has 0 saturated carbocycles. The zero-order valence-corrected chi connectivity index (χ0v) is 15.6. The van der Waals surface area contributed by atoms with E-state index in [0.29, 0.717) is 39.3 Å². The fraction of sp³-hybridized carbons (Fsp3) is 0.857. The van der Waals surface area contributed by atoms with Crippen LogP contribution in [-0.2, 0) is 9.05 Å². The molecule has 0 aromatic rings. The van der Waals surface area contributed by atoms with Gasteiger partial charge in [-0.1, -0.05) is 13.8 Å². The number of hydrogen-bond donors (Lipinski definition) is 0. The predicted octanol–water partition coefficient (Wildman–Crippen LogP) is 3.51. The van der Waals surface area contributed by atoms with E-state index in [1.165, 1.54) is 0 Å². The molecule has 0 aliphatic heterocycles. The minimum absolute atomic E-state index is 0.449. The summed E-state index contributed by atoms with van der Waals surface area (Å²) in [5, 5.41) is 0. The second-order valence-corrected chi connectivity index (χ2v) is 5.84. The van der Waals surface area contributed by atoms with Gasteiger partial charge in [0, 0.05) is 39.3 Å². The predicted molar refractivity (Wildman–Crippen MR) is 88.6 cm³/mol. The standard InChI is InChI=1S/C14H30N3O4P/c1-7-15(8-2)13(18)20-22(17(11-5)12-6)21-14(19)16(9-3)10-4/h7-12H2,1-6H3. The summed E-state index contributed by atoms with van der Waals surface area (Å²) in [5.41, 5.74) is 0. The summed E-state index contributed by atoms with van der Waals surface area (Å²) in [7, 11) is -1.74. The molecule has 0 saturated heterocycles. The molecule has 130 valence electrons. The Labute approximate surface area is 135 Å². The first-order valence-corrected chi connectivity index (χ1v) is 9.10. The molecule has 0 spiro atoms. The van der Waals surface area contributed by atoms with E-state index in [9.17, 15) is 9.59 Å². The van der Waals surface area contributed by atoms with Crippen LogP contribution in [0.25, 0.3) is 0 Å². The van der Waals surface area contributed by atoms with Crippen LogP contribution in [-0.4, -0.2) is 65.9 Å². The maximum Gasteiger partial charge on any atom is 0.415 e. The number of amides is 2. The van der Waals surface area contributed by atoms with Crippen LogP contribution in [0.2, 0.25) is 0 Å². The average Bonchev–Trinajstić information content (AvgIpc) is 2.50. The molecule has 7 nitrogen and oxygen atoms in total. The number of hydrogen-bond acceptors (Lipinski definition) is 5. The van der Waals surface area contributed by atoms with Crippen molar-refractivity contribution in [2.24, 2.45) is 0 Å². The molecule has 0 atom stereocenters. The van der Waals surface area contributed by atoms with Gasteiger partial charge in [-0.05, 0) is 27.7 Å². The van der Waals surface area contributed by atoms with Crippen LogP contribution in [0.4, 0.5) is 9.59 Å². The molecule has 0 aliphatic carbocycles. The summed E-state index contributed by atoms with van der Waals surface area (Å²) >= 11 is 0. The molecule has 0 aromatic heterocycles. The zero-order chi connectivity index (χ0) is 17.1. The molecule has 0 N–H and O–H groups in total. The number of rotatable bonds is 9. The van der Waals surface area contributed by atoms with Gasteiger partial charge >= 0.3 is 20.7 Å². The molecular formula is C14H30N3O4P. The lowest BCUT2D eigenvalue weighted by molar-refractivity contribution is 0.133. The van der Waals surface area contributed by atoms with Crippen molar-refractivity contribution in [3.63, 3.8) is 0 Å². The van der Waals surface area contributed by atoms with E-state index in [2.05, 4.69) is 0 Å². The van der Waals surface area contributed by atoms with Gasteiger partial charge in [0.1, 0.15) is 0 Å². The summed E-state index contributed by atoms with van der Waals surface area (Å²) in [4.78, 5) is 27.4. The molecule has 0 aromatic carbocycles. The third-order valence-corrected chi connectivity index (χ3v) is 4.97. The molecule has 0 unspecified atom stereocenters. The normalized spacial score (nSPS) is 10.7. The lowest BCUT2D eigenvalue weighted by Crippen LogP contribution is -2.35. The maximum absolute atomic E-state index is 12.1. The van der Waals surface area contributed by atoms with Gasteiger partial charge in [-0.15, -0.1) is 0 Å². The van der Waals surface area contributed by atoms with Gasteiger partial charge in [-0.3, -0.25) is 0 Å². The number of nitrogens with zero attached hydrogens (tertiary/aromatic N) is 3. The summed E-state index contributed by atoms with van der Waals surface area (Å²) in [6.07, 6.45) is -0.897. The minimum atomic E-state index is -1.74. The lowest BCUT2D eigenvalue weighted by Gasteiger charge is -2.29. The Morgan fingerprint density at radius 3 is 1.23 bits per heavy atom. The Morgan fingerprint density at radius 1 is 0.682 bits per heavy atom. The van der Waals surface area contributed by atoms with Gasteiger partial charge in [0.2, 0.25) is 0 Å². The van der Waals surface area contributed by atoms with E-state index in [0.717, 1.165) is 0 Å². The first kappa shape index (κ1) is 20.9. The van der Waals surface area contributed by atoms with Crippen LogP contribution in [0.3, 0.4) is 0 Å². The molecular weight excluding hydrogens is 305 g/mol. The highest BCUT2D eigenvalue weighted by Gasteiger charge is 2.30. The minimum Gasteiger partial charge on any atom is -0.377 e. The van der Waals surface area contributed by atoms with Crippen LogP contribution in [0.5, 0.6) is 0 Å². The number of carbonyl (C=O) groups excluding carboxylic acids is 2. The zero-order valence-electron chi connectivity index (χ0n) is 14.7. The number of carbonyl (C=O) groups is 2. The van der Waals surface area contributed by atoms with Crippen molar-refractivity contribution in [3.05, 3.63) is 0 Å². The molecule has 0 heterocycles. The van der Waals surface area contributed by atoms with Gasteiger partial charge in [0.25, 0.3) is 0 Å². The van der Waals surface area contributed by atoms with Gasteiger partial charge in [0.15, 0.2) is 0 Å². The van der Waals surface area contributed by atoms with E-state index in [-0.39, 0.29) is 0 Å². The van der Waals surface area contributed by atoms with Crippen LogP contribution in [0, 0.1) is 0 Å². The molecule has 22 heavy (non-hydrogen) atoms. The van der Waals surface area contributed by atoms with Crippen LogP contribution in [0.1, 0.15) is 41.5 Å². The molecule has 0 radical (unpaired) electrons. The topological polar surface area (TPSA) is 62.3 Å². The molecule has 2 amide bonds. The molecule has 8 heteroatoms. The Morgan fingerprint density at radius 2 is 1.00 bits per heavy atom. The summed E-state index contributed by atoms with van der Waals surface area (Å²) in [6, 6.07) is 0. The van der Waals surface area contributed by atoms with Crippen LogP contribution < -0.4 is 0 Å². The second-order valence-electron chi connectivity index (χ2n) is 4.44. The van der Waals surface area contributed by atoms with Gasteiger partial charge in [0.05, 0.1) is 0 Å². The first-order valence-electron chi connectivity index (χ1n) is 7.97. The molecule has 0 aliphatic rings. The lowest BCUT2D eigenvalue weighted by atomic mass is 10.6. The highest BCUT2D eigenvalue weighted by molar-refractivity contribution is 7.45. The maximum atomic E-state index is 12.1. The van der Waals surface area contributed by atoms with Crippen molar-refractivity contribution in [1.29, 1.82) is 0 Å². The second kappa shape index (κ2) is 11.5. The Balaban J connectivity index is 4.97. The van der Waals surface area contributed by atoms with Gasteiger partial charge in [-0.2, -0.15) is 0 Å². The summed E-state index contributed by atoms with van der Waals surface area (Å²) in [5.74, 6) is 0. The highest BCUT2D eigenvalue weighted by atomic mass is 31.2. The molecule has 0 rings (SSSR count). The Kier molecular flexibility index (Phi) is 10.9. The highest BCUT2D eigenvalue weighted by Crippen LogP contribution is 2.43. The van der Waals surface area contributed by atoms with Crippen molar-refractivity contribution in [1.82, 2.24) is 14.5 Å². The first-order chi connectivity index (χ1) is 10.5. The van der Waals surface area contributed by atoms with E-state index in [4.69, 9.17) is 9.05 Å². The monoisotopic (exact) mass is 335 g/mol. The molecule has 0 bridgehead atoms. The van der Waals surface area contributed by atoms with E-state index in [1.54, 1.807) is 9.80 Å². The van der Waals surface area contributed by atoms with E-state index < -0.39 is 20.7 Å². The third kappa shape index (κ3) is 6.36. The largest absolute Gasteiger partial charge is 0.415 e. The van der Waals surface area contributed by atoms with E-state index in [1.807, 2.05) is 46.2 Å². The van der Waals surface area contributed by atoms with Crippen LogP contribution in [0.15, 0.2) is 0 Å². The van der Waals surface area contributed by atoms with E-state index >= 15 is 0 Å². The quantitative estimate of drug-likeness (QED) is 0.603. The Bertz CT molecular complexity index is 306. The smallest absolute Gasteiger partial charge is 0.377 e. The fourth-order valence-electron chi connectivity index (χ4n) is 1.80. The molecule has 0 fully saturated rings. The fourth-order valence-corrected chi connectivity index (χ4v) is 3.03. The average molecular weight is 335 g/mol. The SMILES string of the molecule is CCN(CC)C(=O)OP(OC(=O)N(CC)CC)N(CC)CC. The van der Waals surface area contributed by atoms with Gasteiger partial charge < -0.3 is 18.8 Å². The van der Waals surface area contributed by atoms with Crippen molar-refractivity contribution in [3.8, 4) is 0 Å². The summed E-state index contributed by atoms with van der Waals surface area (Å²) < 4.78 is 12.8. The third-order valence-electron chi connectivity index (χ3n) is 3.32. The van der Waals surface area contributed by atoms with Crippen molar-refractivity contribution in [2.75, 3.05) is 39.3 Å². The summed E-state index contributed by atoms with van der Waals surface area (Å²) in [6.45, 7) is 14.9.